The van der Waals surface area contributed by atoms with E-state index in [1.165, 1.54) is 19.4 Å². The van der Waals surface area contributed by atoms with Crippen molar-refractivity contribution in [3.05, 3.63) is 42.2 Å². The second-order valence-corrected chi connectivity index (χ2v) is 3.83. The van der Waals surface area contributed by atoms with Gasteiger partial charge in [0.15, 0.2) is 5.82 Å². The van der Waals surface area contributed by atoms with Gasteiger partial charge in [0.1, 0.15) is 12.0 Å². The minimum atomic E-state index is -0.811. The molecule has 0 bridgehead atoms. The summed E-state index contributed by atoms with van der Waals surface area (Å²) >= 11 is 0. The van der Waals surface area contributed by atoms with Crippen molar-refractivity contribution in [1.29, 1.82) is 0 Å². The highest BCUT2D eigenvalue weighted by atomic mass is 16.5. The molecule has 0 aliphatic heterocycles. The van der Waals surface area contributed by atoms with Crippen LogP contribution in [0.5, 0.6) is 5.75 Å². The fourth-order valence-electron chi connectivity index (χ4n) is 1.55. The van der Waals surface area contributed by atoms with Gasteiger partial charge in [-0.1, -0.05) is 23.4 Å². The molecule has 0 aliphatic rings. The van der Waals surface area contributed by atoms with Gasteiger partial charge in [-0.2, -0.15) is 0 Å². The lowest BCUT2D eigenvalue weighted by Gasteiger charge is -2.09. The van der Waals surface area contributed by atoms with E-state index in [0.717, 1.165) is 5.56 Å². The van der Waals surface area contributed by atoms with Gasteiger partial charge in [0.05, 0.1) is 7.11 Å². The highest BCUT2D eigenvalue weighted by molar-refractivity contribution is 6.39. The van der Waals surface area contributed by atoms with Crippen molar-refractivity contribution >= 4 is 17.6 Å². The third-order valence-corrected chi connectivity index (χ3v) is 2.52. The zero-order chi connectivity index (χ0) is 14.4. The number of anilines is 1. The number of methoxy groups -OCH3 is 1. The summed E-state index contributed by atoms with van der Waals surface area (Å²) in [5.41, 5.74) is 0.776. The Hall–Kier alpha value is -2.83. The first-order valence-corrected chi connectivity index (χ1v) is 5.82. The van der Waals surface area contributed by atoms with Crippen LogP contribution >= 0.6 is 0 Å². The average molecular weight is 275 g/mol. The molecular formula is C13H13N3O4. The van der Waals surface area contributed by atoms with Gasteiger partial charge >= 0.3 is 11.8 Å². The highest BCUT2D eigenvalue weighted by Gasteiger charge is 2.15. The van der Waals surface area contributed by atoms with Gasteiger partial charge in [0.25, 0.3) is 0 Å². The van der Waals surface area contributed by atoms with E-state index in [1.807, 2.05) is 12.1 Å². The topological polar surface area (TPSA) is 93.5 Å². The molecule has 20 heavy (non-hydrogen) atoms. The van der Waals surface area contributed by atoms with Crippen molar-refractivity contribution in [2.45, 2.75) is 6.54 Å². The van der Waals surface area contributed by atoms with Crippen LogP contribution in [0.25, 0.3) is 0 Å². The molecule has 2 amide bonds. The molecule has 2 rings (SSSR count). The summed E-state index contributed by atoms with van der Waals surface area (Å²) in [6.45, 7) is 0.190. The Morgan fingerprint density at radius 3 is 2.75 bits per heavy atom. The number of carbonyl (C=O) groups is 2. The van der Waals surface area contributed by atoms with Crippen LogP contribution in [-0.4, -0.2) is 24.1 Å². The molecule has 7 heteroatoms. The minimum Gasteiger partial charge on any atom is -0.496 e. The molecule has 7 nitrogen and oxygen atoms in total. The van der Waals surface area contributed by atoms with E-state index in [2.05, 4.69) is 20.3 Å². The SMILES string of the molecule is COc1ccccc1CNC(=O)C(=O)Nc1ccon1. The van der Waals surface area contributed by atoms with E-state index < -0.39 is 11.8 Å². The first-order chi connectivity index (χ1) is 9.70. The Morgan fingerprint density at radius 1 is 1.25 bits per heavy atom. The second-order valence-electron chi connectivity index (χ2n) is 3.83. The molecular weight excluding hydrogens is 262 g/mol. The van der Waals surface area contributed by atoms with Gasteiger partial charge in [0, 0.05) is 18.2 Å². The molecule has 0 spiro atoms. The number of rotatable bonds is 4. The maximum absolute atomic E-state index is 11.6. The number of nitrogens with zero attached hydrogens (tertiary/aromatic N) is 1. The molecule has 2 aromatic rings. The molecule has 104 valence electrons. The van der Waals surface area contributed by atoms with Crippen LogP contribution < -0.4 is 15.4 Å². The van der Waals surface area contributed by atoms with E-state index in [4.69, 9.17) is 4.74 Å². The van der Waals surface area contributed by atoms with Crippen LogP contribution in [0, 0.1) is 0 Å². The summed E-state index contributed by atoms with van der Waals surface area (Å²) in [6.07, 6.45) is 1.29. The first-order valence-electron chi connectivity index (χ1n) is 5.82. The Bertz CT molecular complexity index is 595. The minimum absolute atomic E-state index is 0.183. The molecule has 2 N–H and O–H groups in total. The van der Waals surface area contributed by atoms with Crippen LogP contribution in [0.3, 0.4) is 0 Å². The summed E-state index contributed by atoms with van der Waals surface area (Å²) in [7, 11) is 1.54. The number of benzene rings is 1. The third kappa shape index (κ3) is 3.35. The maximum Gasteiger partial charge on any atom is 0.314 e. The van der Waals surface area contributed by atoms with Gasteiger partial charge in [-0.25, -0.2) is 0 Å². The maximum atomic E-state index is 11.6. The summed E-state index contributed by atoms with van der Waals surface area (Å²) < 4.78 is 9.69. The van der Waals surface area contributed by atoms with Gasteiger partial charge in [-0.3, -0.25) is 14.9 Å². The number of nitrogens with one attached hydrogen (secondary N) is 2. The highest BCUT2D eigenvalue weighted by Crippen LogP contribution is 2.16. The Morgan fingerprint density at radius 2 is 2.05 bits per heavy atom. The fraction of sp³-hybridized carbons (Fsp3) is 0.154. The summed E-state index contributed by atoms with van der Waals surface area (Å²) in [6, 6.07) is 8.65. The van der Waals surface area contributed by atoms with E-state index in [9.17, 15) is 9.59 Å². The Balaban J connectivity index is 1.90. The Labute approximate surface area is 114 Å². The summed E-state index contributed by atoms with van der Waals surface area (Å²) in [5, 5.41) is 8.27. The van der Waals surface area contributed by atoms with E-state index in [1.54, 1.807) is 12.1 Å². The first kappa shape index (κ1) is 13.6. The van der Waals surface area contributed by atoms with E-state index in [-0.39, 0.29) is 12.4 Å². The van der Waals surface area contributed by atoms with Crippen molar-refractivity contribution < 1.29 is 18.8 Å². The molecule has 1 heterocycles. The van der Waals surface area contributed by atoms with Crippen molar-refractivity contribution in [3.8, 4) is 5.75 Å². The number of hydrogen-bond acceptors (Lipinski definition) is 5. The smallest absolute Gasteiger partial charge is 0.314 e. The standard InChI is InChI=1S/C13H13N3O4/c1-19-10-5-3-2-4-9(10)8-14-12(17)13(18)15-11-6-7-20-16-11/h2-7H,8H2,1H3,(H,14,17)(H,15,16,18). The molecule has 0 saturated carbocycles. The van der Waals surface area contributed by atoms with Crippen LogP contribution in [-0.2, 0) is 16.1 Å². The van der Waals surface area contributed by atoms with Crippen LogP contribution in [0.4, 0.5) is 5.82 Å². The molecule has 0 saturated heterocycles. The van der Waals surface area contributed by atoms with Gasteiger partial charge in [-0.05, 0) is 6.07 Å². The van der Waals surface area contributed by atoms with Crippen LogP contribution in [0.2, 0.25) is 0 Å². The van der Waals surface area contributed by atoms with Gasteiger partial charge in [-0.15, -0.1) is 0 Å². The van der Waals surface area contributed by atoms with E-state index in [0.29, 0.717) is 5.75 Å². The van der Waals surface area contributed by atoms with Crippen LogP contribution in [0.15, 0.2) is 41.1 Å². The molecule has 1 aromatic heterocycles. The molecule has 0 fully saturated rings. The summed E-state index contributed by atoms with van der Waals surface area (Å²) in [5.74, 6) is -0.750. The normalized spacial score (nSPS) is 9.85. The molecule has 1 aromatic carbocycles. The lowest BCUT2D eigenvalue weighted by molar-refractivity contribution is -0.136. The third-order valence-electron chi connectivity index (χ3n) is 2.52. The lowest BCUT2D eigenvalue weighted by atomic mass is 10.2. The summed E-state index contributed by atoms with van der Waals surface area (Å²) in [4.78, 5) is 23.2. The number of carbonyl (C=O) groups excluding carboxylic acids is 2. The lowest BCUT2D eigenvalue weighted by Crippen LogP contribution is -2.35. The number of ether oxygens (including phenoxy) is 1. The molecule has 0 aliphatic carbocycles. The largest absolute Gasteiger partial charge is 0.496 e. The number of aromatic nitrogens is 1. The number of amides is 2. The quantitative estimate of drug-likeness (QED) is 0.810. The van der Waals surface area contributed by atoms with Crippen molar-refractivity contribution in [3.63, 3.8) is 0 Å². The van der Waals surface area contributed by atoms with Crippen molar-refractivity contribution in [2.24, 2.45) is 0 Å². The zero-order valence-electron chi connectivity index (χ0n) is 10.8. The monoisotopic (exact) mass is 275 g/mol. The predicted molar refractivity (Wildman–Crippen MR) is 70.0 cm³/mol. The zero-order valence-corrected chi connectivity index (χ0v) is 10.8. The van der Waals surface area contributed by atoms with Crippen molar-refractivity contribution in [2.75, 3.05) is 12.4 Å². The van der Waals surface area contributed by atoms with Gasteiger partial charge in [0.2, 0.25) is 0 Å². The molecule has 0 radical (unpaired) electrons. The Kier molecular flexibility index (Phi) is 4.33. The molecule has 0 unspecified atom stereocenters. The second kappa shape index (κ2) is 6.37. The number of para-hydroxylation sites is 1. The molecule has 0 atom stereocenters. The van der Waals surface area contributed by atoms with Crippen LogP contribution in [0.1, 0.15) is 5.56 Å². The number of hydrogen-bond donors (Lipinski definition) is 2. The predicted octanol–water partition coefficient (Wildman–Crippen LogP) is 0.938. The fourth-order valence-corrected chi connectivity index (χ4v) is 1.55. The van der Waals surface area contributed by atoms with Gasteiger partial charge < -0.3 is 14.6 Å². The van der Waals surface area contributed by atoms with Crippen molar-refractivity contribution in [1.82, 2.24) is 10.5 Å². The average Bonchev–Trinajstić information content (AvgIpc) is 2.97. The van der Waals surface area contributed by atoms with E-state index >= 15 is 0 Å².